The second kappa shape index (κ2) is 4.06. The molecule has 0 amide bonds. The van der Waals surface area contributed by atoms with Crippen molar-refractivity contribution >= 4 is 22.6 Å². The number of hydrogen-bond donors (Lipinski definition) is 2. The van der Waals surface area contributed by atoms with Gasteiger partial charge in [-0.15, -0.1) is 0 Å². The summed E-state index contributed by atoms with van der Waals surface area (Å²) >= 11 is 0. The molecule has 0 bridgehead atoms. The van der Waals surface area contributed by atoms with Crippen molar-refractivity contribution in [1.29, 1.82) is 0 Å². The summed E-state index contributed by atoms with van der Waals surface area (Å²) in [5.41, 5.74) is 0.408. The molecule has 7 heteroatoms. The van der Waals surface area contributed by atoms with Crippen LogP contribution in [0.2, 0.25) is 0 Å². The van der Waals surface area contributed by atoms with Gasteiger partial charge >= 0.3 is 7.12 Å². The Balaban J connectivity index is 2.53. The Morgan fingerprint density at radius 3 is 2.39 bits per heavy atom. The highest BCUT2D eigenvalue weighted by Crippen LogP contribution is 2.34. The summed E-state index contributed by atoms with van der Waals surface area (Å²) < 4.78 is 26.0. The van der Waals surface area contributed by atoms with E-state index < -0.39 is 22.7 Å². The summed E-state index contributed by atoms with van der Waals surface area (Å²) in [6, 6.07) is 4.39. The molecule has 98 valence electrons. The van der Waals surface area contributed by atoms with Crippen LogP contribution < -0.4 is 5.46 Å². The number of rotatable bonds is 1. The van der Waals surface area contributed by atoms with Gasteiger partial charge in [0.15, 0.2) is 0 Å². The number of sulfonamides is 1. The Labute approximate surface area is 107 Å². The minimum Gasteiger partial charge on any atom is -0.423 e. The molecule has 0 saturated heterocycles. The highest BCUT2D eigenvalue weighted by Gasteiger charge is 2.41. The zero-order valence-electron chi connectivity index (χ0n) is 10.6. The van der Waals surface area contributed by atoms with E-state index >= 15 is 0 Å². The fraction of sp³-hybridized carbons (Fsp3) is 0.455. The smallest absolute Gasteiger partial charge is 0.423 e. The fourth-order valence-electron chi connectivity index (χ4n) is 2.09. The van der Waals surface area contributed by atoms with Crippen LogP contribution in [0.15, 0.2) is 23.1 Å². The van der Waals surface area contributed by atoms with Crippen LogP contribution in [-0.2, 0) is 16.6 Å². The SMILES string of the molecule is CC(C)(C)N1Cc2cc(B(O)O)ccc2S1(=O)=O. The molecule has 0 spiro atoms. The summed E-state index contributed by atoms with van der Waals surface area (Å²) in [6.07, 6.45) is 0. The third-order valence-electron chi connectivity index (χ3n) is 3.01. The standard InChI is InChI=1S/C11H16BNO4S/c1-11(2,3)13-7-8-6-9(12(14)15)4-5-10(8)18(13,16)17/h4-6,14-15H,7H2,1-3H3. The molecule has 0 unspecified atom stereocenters. The lowest BCUT2D eigenvalue weighted by Crippen LogP contribution is -2.41. The van der Waals surface area contributed by atoms with Gasteiger partial charge in [0.1, 0.15) is 0 Å². The van der Waals surface area contributed by atoms with Gasteiger partial charge in [-0.3, -0.25) is 0 Å². The van der Waals surface area contributed by atoms with E-state index in [4.69, 9.17) is 10.0 Å². The van der Waals surface area contributed by atoms with Crippen LogP contribution in [0.1, 0.15) is 26.3 Å². The van der Waals surface area contributed by atoms with Crippen molar-refractivity contribution in [3.05, 3.63) is 23.8 Å². The summed E-state index contributed by atoms with van der Waals surface area (Å²) in [6.45, 7) is 5.76. The van der Waals surface area contributed by atoms with Gasteiger partial charge in [0.25, 0.3) is 0 Å². The molecule has 1 aromatic rings. The maximum absolute atomic E-state index is 12.3. The lowest BCUT2D eigenvalue weighted by Gasteiger charge is -2.29. The minimum atomic E-state index is -3.48. The van der Waals surface area contributed by atoms with Crippen molar-refractivity contribution in [3.8, 4) is 0 Å². The van der Waals surface area contributed by atoms with E-state index in [1.807, 2.05) is 20.8 Å². The number of fused-ring (bicyclic) bond motifs is 1. The number of nitrogens with zero attached hydrogens (tertiary/aromatic N) is 1. The second-order valence-corrected chi connectivity index (χ2v) is 7.25. The lowest BCUT2D eigenvalue weighted by molar-refractivity contribution is 0.252. The Bertz CT molecular complexity index is 577. The Morgan fingerprint density at radius 2 is 1.89 bits per heavy atom. The van der Waals surface area contributed by atoms with E-state index in [0.717, 1.165) is 0 Å². The zero-order valence-corrected chi connectivity index (χ0v) is 11.4. The fourth-order valence-corrected chi connectivity index (χ4v) is 4.05. The van der Waals surface area contributed by atoms with Crippen molar-refractivity contribution < 1.29 is 18.5 Å². The average molecular weight is 269 g/mol. The summed E-state index contributed by atoms with van der Waals surface area (Å²) in [7, 11) is -5.06. The van der Waals surface area contributed by atoms with Crippen LogP contribution in [-0.4, -0.2) is 35.4 Å². The van der Waals surface area contributed by atoms with Crippen LogP contribution in [0.25, 0.3) is 0 Å². The molecular weight excluding hydrogens is 253 g/mol. The first-order valence-corrected chi connectivity index (χ1v) is 7.10. The third-order valence-corrected chi connectivity index (χ3v) is 5.22. The van der Waals surface area contributed by atoms with Gasteiger partial charge < -0.3 is 10.0 Å². The van der Waals surface area contributed by atoms with Gasteiger partial charge in [0.05, 0.1) is 4.90 Å². The lowest BCUT2D eigenvalue weighted by atomic mass is 9.79. The molecule has 1 aromatic carbocycles. The van der Waals surface area contributed by atoms with Crippen molar-refractivity contribution in [2.45, 2.75) is 37.8 Å². The van der Waals surface area contributed by atoms with Gasteiger partial charge in [-0.25, -0.2) is 8.42 Å². The van der Waals surface area contributed by atoms with Crippen molar-refractivity contribution in [2.24, 2.45) is 0 Å². The van der Waals surface area contributed by atoms with Crippen LogP contribution in [0.3, 0.4) is 0 Å². The molecule has 0 aromatic heterocycles. The van der Waals surface area contributed by atoms with Gasteiger partial charge in [0, 0.05) is 12.1 Å². The zero-order chi connectivity index (χ0) is 13.7. The predicted molar refractivity (Wildman–Crippen MR) is 68.7 cm³/mol. The van der Waals surface area contributed by atoms with Crippen molar-refractivity contribution in [1.82, 2.24) is 4.31 Å². The molecule has 0 fully saturated rings. The van der Waals surface area contributed by atoms with E-state index in [0.29, 0.717) is 11.0 Å². The van der Waals surface area contributed by atoms with Gasteiger partial charge in [-0.2, -0.15) is 4.31 Å². The highest BCUT2D eigenvalue weighted by atomic mass is 32.2. The average Bonchev–Trinajstić information content (AvgIpc) is 2.49. The third kappa shape index (κ3) is 2.07. The molecule has 0 saturated carbocycles. The van der Waals surface area contributed by atoms with Crippen LogP contribution in [0, 0.1) is 0 Å². The predicted octanol–water partition coefficient (Wildman–Crippen LogP) is -0.331. The van der Waals surface area contributed by atoms with Crippen molar-refractivity contribution in [3.63, 3.8) is 0 Å². The quantitative estimate of drug-likeness (QED) is 0.684. The molecule has 1 aliphatic heterocycles. The number of hydrogen-bond acceptors (Lipinski definition) is 4. The topological polar surface area (TPSA) is 77.8 Å². The Morgan fingerprint density at radius 1 is 1.28 bits per heavy atom. The minimum absolute atomic E-state index is 0.252. The maximum atomic E-state index is 12.3. The molecule has 2 rings (SSSR count). The molecule has 1 heterocycles. The van der Waals surface area contributed by atoms with E-state index in [2.05, 4.69) is 0 Å². The largest absolute Gasteiger partial charge is 0.488 e. The molecule has 2 N–H and O–H groups in total. The summed E-state index contributed by atoms with van der Waals surface area (Å²) in [4.78, 5) is 0.252. The van der Waals surface area contributed by atoms with Crippen molar-refractivity contribution in [2.75, 3.05) is 0 Å². The van der Waals surface area contributed by atoms with E-state index in [1.165, 1.54) is 22.5 Å². The normalized spacial score (nSPS) is 18.7. The molecule has 0 aliphatic carbocycles. The van der Waals surface area contributed by atoms with Gasteiger partial charge in [-0.1, -0.05) is 12.1 Å². The summed E-state index contributed by atoms with van der Waals surface area (Å²) in [5, 5.41) is 18.2. The molecular formula is C11H16BNO4S. The first-order valence-electron chi connectivity index (χ1n) is 5.66. The molecule has 18 heavy (non-hydrogen) atoms. The molecule has 1 aliphatic rings. The first kappa shape index (κ1) is 13.5. The molecule has 0 radical (unpaired) electrons. The van der Waals surface area contributed by atoms with E-state index in [9.17, 15) is 8.42 Å². The Kier molecular flexibility index (Phi) is 3.05. The van der Waals surface area contributed by atoms with Crippen LogP contribution >= 0.6 is 0 Å². The summed E-state index contributed by atoms with van der Waals surface area (Å²) in [5.74, 6) is 0. The Hall–Kier alpha value is -0.885. The molecule has 0 atom stereocenters. The highest BCUT2D eigenvalue weighted by molar-refractivity contribution is 7.89. The molecule has 5 nitrogen and oxygen atoms in total. The maximum Gasteiger partial charge on any atom is 0.488 e. The van der Waals surface area contributed by atoms with E-state index in [1.54, 1.807) is 0 Å². The number of benzene rings is 1. The van der Waals surface area contributed by atoms with Crippen LogP contribution in [0.5, 0.6) is 0 Å². The second-order valence-electron chi connectivity index (χ2n) is 5.42. The monoisotopic (exact) mass is 269 g/mol. The van der Waals surface area contributed by atoms with Gasteiger partial charge in [-0.05, 0) is 37.9 Å². The first-order chi connectivity index (χ1) is 8.14. The van der Waals surface area contributed by atoms with E-state index in [-0.39, 0.29) is 11.4 Å². The van der Waals surface area contributed by atoms with Crippen LogP contribution in [0.4, 0.5) is 0 Å². The van der Waals surface area contributed by atoms with Gasteiger partial charge in [0.2, 0.25) is 10.0 Å².